The molecular weight excluding hydrogens is 460 g/mol. The summed E-state index contributed by atoms with van der Waals surface area (Å²) in [5.41, 5.74) is 1.59. The van der Waals surface area contributed by atoms with Gasteiger partial charge in [0.15, 0.2) is 17.3 Å². The minimum atomic E-state index is -0.812. The molecule has 10 heteroatoms. The summed E-state index contributed by atoms with van der Waals surface area (Å²) in [5.74, 6) is -2.03. The second kappa shape index (κ2) is 8.19. The molecule has 174 valence electrons. The fourth-order valence-electron chi connectivity index (χ4n) is 5.85. The number of pyridine rings is 1. The van der Waals surface area contributed by atoms with Gasteiger partial charge in [-0.2, -0.15) is 16.4 Å². The molecule has 2 unspecified atom stereocenters. The molecule has 2 N–H and O–H groups in total. The number of hydrogen-bond acceptors (Lipinski definition) is 6. The maximum Gasteiger partial charge on any atom is 0.307 e. The van der Waals surface area contributed by atoms with Crippen molar-refractivity contribution in [3.63, 3.8) is 0 Å². The lowest BCUT2D eigenvalue weighted by Gasteiger charge is -2.46. The molecule has 4 heterocycles. The molecule has 3 fully saturated rings. The largest absolute Gasteiger partial charge is 0.481 e. The molecular formula is C24H21F2N5O2S. The van der Waals surface area contributed by atoms with Gasteiger partial charge in [0.05, 0.1) is 23.2 Å². The third-order valence-corrected chi connectivity index (χ3v) is 8.10. The van der Waals surface area contributed by atoms with E-state index >= 15 is 4.39 Å². The molecule has 0 amide bonds. The summed E-state index contributed by atoms with van der Waals surface area (Å²) >= 11 is 1.42. The Balaban J connectivity index is 1.49. The fourth-order valence-corrected chi connectivity index (χ4v) is 6.49. The second-order valence-electron chi connectivity index (χ2n) is 9.20. The maximum atomic E-state index is 15.8. The Morgan fingerprint density at radius 2 is 1.97 bits per heavy atom. The van der Waals surface area contributed by atoms with E-state index in [1.54, 1.807) is 11.4 Å². The number of halogens is 2. The first-order valence-corrected chi connectivity index (χ1v) is 12.3. The van der Waals surface area contributed by atoms with Crippen molar-refractivity contribution in [2.24, 2.45) is 23.7 Å². The normalized spacial score (nSPS) is 24.1. The number of nitrogens with zero attached hydrogens (tertiary/aromatic N) is 4. The van der Waals surface area contributed by atoms with Crippen molar-refractivity contribution >= 4 is 28.3 Å². The summed E-state index contributed by atoms with van der Waals surface area (Å²) in [6, 6.07) is 3.07. The summed E-state index contributed by atoms with van der Waals surface area (Å²) < 4.78 is 29.7. The van der Waals surface area contributed by atoms with Crippen molar-refractivity contribution in [3.05, 3.63) is 46.4 Å². The van der Waals surface area contributed by atoms with E-state index in [4.69, 9.17) is 0 Å². The second-order valence-corrected chi connectivity index (χ2v) is 9.98. The molecule has 3 aliphatic rings. The molecule has 4 aromatic rings. The molecule has 0 radical (unpaired) electrons. The summed E-state index contributed by atoms with van der Waals surface area (Å²) in [4.78, 5) is 25.1. The summed E-state index contributed by atoms with van der Waals surface area (Å²) in [7, 11) is 0. The van der Waals surface area contributed by atoms with E-state index in [1.807, 2.05) is 5.38 Å². The number of hydrogen-bond donors (Lipinski definition) is 2. The van der Waals surface area contributed by atoms with Gasteiger partial charge in [-0.15, -0.1) is 0 Å². The average Bonchev–Trinajstić information content (AvgIpc) is 3.51. The van der Waals surface area contributed by atoms with Crippen molar-refractivity contribution in [2.45, 2.75) is 32.1 Å². The zero-order chi connectivity index (χ0) is 23.4. The van der Waals surface area contributed by atoms with Gasteiger partial charge in [0, 0.05) is 10.9 Å². The first-order chi connectivity index (χ1) is 16.5. The van der Waals surface area contributed by atoms with Crippen molar-refractivity contribution < 1.29 is 18.7 Å². The number of H-pyrrole nitrogens is 1. The maximum absolute atomic E-state index is 15.8. The molecule has 3 aliphatic carbocycles. The Kier molecular flexibility index (Phi) is 5.13. The lowest BCUT2D eigenvalue weighted by atomic mass is 9.57. The van der Waals surface area contributed by atoms with Gasteiger partial charge in [0.25, 0.3) is 0 Å². The number of aliphatic carboxylic acids is 1. The van der Waals surface area contributed by atoms with E-state index in [-0.39, 0.29) is 41.4 Å². The number of carboxylic acid groups (broad SMARTS) is 1. The highest BCUT2D eigenvalue weighted by Gasteiger charge is 2.47. The summed E-state index contributed by atoms with van der Waals surface area (Å²) in [6.07, 6.45) is 5.04. The van der Waals surface area contributed by atoms with Crippen molar-refractivity contribution in [1.29, 1.82) is 0 Å². The molecule has 0 saturated heterocycles. The predicted molar refractivity (Wildman–Crippen MR) is 122 cm³/mol. The van der Waals surface area contributed by atoms with Crippen LogP contribution in [-0.4, -0.2) is 36.2 Å². The van der Waals surface area contributed by atoms with Crippen LogP contribution in [0.2, 0.25) is 0 Å². The number of thiophene rings is 1. The van der Waals surface area contributed by atoms with Gasteiger partial charge < -0.3 is 5.11 Å². The predicted octanol–water partition coefficient (Wildman–Crippen LogP) is 5.10. The van der Waals surface area contributed by atoms with Crippen LogP contribution in [0.25, 0.3) is 33.8 Å². The van der Waals surface area contributed by atoms with E-state index < -0.39 is 23.5 Å². The van der Waals surface area contributed by atoms with Crippen molar-refractivity contribution in [3.8, 4) is 22.8 Å². The third-order valence-electron chi connectivity index (χ3n) is 7.42. The van der Waals surface area contributed by atoms with Gasteiger partial charge >= 0.3 is 5.97 Å². The first-order valence-electron chi connectivity index (χ1n) is 11.3. The number of aromatic amines is 1. The number of nitrogens with one attached hydrogen (secondary N) is 1. The molecule has 2 atom stereocenters. The van der Waals surface area contributed by atoms with E-state index in [9.17, 15) is 14.3 Å². The Morgan fingerprint density at radius 3 is 2.71 bits per heavy atom. The van der Waals surface area contributed by atoms with Gasteiger partial charge in [-0.1, -0.05) is 0 Å². The van der Waals surface area contributed by atoms with Crippen LogP contribution in [0, 0.1) is 35.3 Å². The zero-order valence-corrected chi connectivity index (χ0v) is 18.9. The van der Waals surface area contributed by atoms with Crippen LogP contribution in [0.15, 0.2) is 29.1 Å². The third kappa shape index (κ3) is 3.48. The van der Waals surface area contributed by atoms with E-state index in [1.165, 1.54) is 17.4 Å². The van der Waals surface area contributed by atoms with Gasteiger partial charge in [0.1, 0.15) is 17.2 Å². The van der Waals surface area contributed by atoms with E-state index in [2.05, 4.69) is 25.1 Å². The topological polar surface area (TPSA) is 105 Å². The summed E-state index contributed by atoms with van der Waals surface area (Å²) in [6.45, 7) is 0. The smallest absolute Gasteiger partial charge is 0.307 e. The number of carbonyl (C=O) groups is 1. The number of carboxylic acids is 1. The van der Waals surface area contributed by atoms with Crippen LogP contribution in [0.3, 0.4) is 0 Å². The SMILES string of the molecule is O=C(O)C1C2CCC(CC2)C1Cc1nc(-c2[nH]nc3ncc(F)cc23)nc(-c2ccsc2)c1F. The average molecular weight is 482 g/mol. The molecule has 0 aliphatic heterocycles. The Bertz CT molecular complexity index is 1380. The fraction of sp³-hybridized carbons (Fsp3) is 0.375. The Hall–Kier alpha value is -3.27. The lowest BCUT2D eigenvalue weighted by molar-refractivity contribution is -0.152. The zero-order valence-electron chi connectivity index (χ0n) is 18.0. The van der Waals surface area contributed by atoms with Crippen LogP contribution in [0.5, 0.6) is 0 Å². The van der Waals surface area contributed by atoms with Crippen molar-refractivity contribution in [1.82, 2.24) is 25.1 Å². The van der Waals surface area contributed by atoms with Gasteiger partial charge in [0.2, 0.25) is 0 Å². The van der Waals surface area contributed by atoms with Crippen LogP contribution < -0.4 is 0 Å². The highest BCUT2D eigenvalue weighted by Crippen LogP contribution is 2.50. The van der Waals surface area contributed by atoms with Crippen molar-refractivity contribution in [2.75, 3.05) is 0 Å². The molecule has 0 spiro atoms. The molecule has 4 aromatic heterocycles. The molecule has 7 rings (SSSR count). The first kappa shape index (κ1) is 21.3. The number of aromatic nitrogens is 5. The van der Waals surface area contributed by atoms with Gasteiger partial charge in [-0.25, -0.2) is 23.7 Å². The molecule has 3 saturated carbocycles. The molecule has 34 heavy (non-hydrogen) atoms. The van der Waals surface area contributed by atoms with Crippen LogP contribution in [-0.2, 0) is 11.2 Å². The lowest BCUT2D eigenvalue weighted by Crippen LogP contribution is -2.45. The highest BCUT2D eigenvalue weighted by atomic mass is 32.1. The number of rotatable bonds is 5. The Labute approximate surface area is 197 Å². The monoisotopic (exact) mass is 481 g/mol. The number of fused-ring (bicyclic) bond motifs is 4. The van der Waals surface area contributed by atoms with Gasteiger partial charge in [-0.3, -0.25) is 9.89 Å². The summed E-state index contributed by atoms with van der Waals surface area (Å²) in [5, 5.41) is 20.9. The van der Waals surface area contributed by atoms with Gasteiger partial charge in [-0.05, 0) is 67.4 Å². The minimum Gasteiger partial charge on any atom is -0.481 e. The van der Waals surface area contributed by atoms with Crippen LogP contribution in [0.1, 0.15) is 31.4 Å². The quantitative estimate of drug-likeness (QED) is 0.411. The highest BCUT2D eigenvalue weighted by molar-refractivity contribution is 7.08. The molecule has 2 bridgehead atoms. The molecule has 0 aromatic carbocycles. The standard InChI is InChI=1S/C24H21F2N5O2S/c25-14-7-16-21(30-31-22(16)27-9-14)23-28-17(19(26)20(29-23)13-5-6-34-10-13)8-15-11-1-3-12(4-2-11)18(15)24(32)33/h5-7,9-12,15,18H,1-4,8H2,(H,32,33)(H,27,30,31). The minimum absolute atomic E-state index is 0.124. The van der Waals surface area contributed by atoms with Crippen LogP contribution >= 0.6 is 11.3 Å². The van der Waals surface area contributed by atoms with E-state index in [0.717, 1.165) is 31.9 Å². The molecule has 7 nitrogen and oxygen atoms in total. The van der Waals surface area contributed by atoms with Crippen LogP contribution in [0.4, 0.5) is 8.78 Å². The Morgan fingerprint density at radius 1 is 1.18 bits per heavy atom. The van der Waals surface area contributed by atoms with E-state index in [0.29, 0.717) is 22.3 Å².